The number of carbonyl (C=O) groups excluding carboxylic acids is 2. The Bertz CT molecular complexity index is 1610. The van der Waals surface area contributed by atoms with Crippen LogP contribution < -0.4 is 10.2 Å². The number of allylic oxidation sites excluding steroid dienone is 13. The van der Waals surface area contributed by atoms with Crippen LogP contribution in [0, 0.1) is 0 Å². The van der Waals surface area contributed by atoms with E-state index in [4.69, 9.17) is 13.8 Å². The molecule has 452 valence electrons. The number of phosphoric acid groups is 1. The van der Waals surface area contributed by atoms with Gasteiger partial charge in [-0.2, -0.15) is 0 Å². The van der Waals surface area contributed by atoms with Crippen LogP contribution in [0.15, 0.2) is 85.1 Å². The average molecular weight is 1110 g/mol. The van der Waals surface area contributed by atoms with Crippen LogP contribution in [0.1, 0.15) is 284 Å². The molecule has 0 saturated carbocycles. The number of phosphoric ester groups is 1. The van der Waals surface area contributed by atoms with Crippen LogP contribution in [-0.4, -0.2) is 69.4 Å². The third-order valence-electron chi connectivity index (χ3n) is 14.3. The lowest BCUT2D eigenvalue weighted by molar-refractivity contribution is -0.870. The van der Waals surface area contributed by atoms with Crippen molar-refractivity contribution in [2.45, 2.75) is 296 Å². The Labute approximate surface area is 482 Å². The minimum absolute atomic E-state index is 0.0339. The molecule has 9 nitrogen and oxygen atoms in total. The molecule has 3 unspecified atom stereocenters. The Morgan fingerprint density at radius 2 is 0.821 bits per heavy atom. The summed E-state index contributed by atoms with van der Waals surface area (Å²) in [7, 11) is 1.15. The highest BCUT2D eigenvalue weighted by atomic mass is 31.2. The molecule has 0 aliphatic rings. The highest BCUT2D eigenvalue weighted by Crippen LogP contribution is 2.38. The third-order valence-corrected chi connectivity index (χ3v) is 15.2. The standard InChI is InChI=1S/C68H123N2O7P/c1-7-10-13-16-19-22-25-28-30-32-33-34-35-36-37-39-41-43-46-49-52-55-58-61-68(72)77-66(59-56-53-50-47-44-27-24-21-18-15-12-9-3)65(64-76-78(73,74)75-63-62-70(4,5)6)69-67(71)60-57-54-51-48-45-42-40-38-31-29-26-23-20-17-14-11-8-2/h11,14,17,20,23,26,29,31,38,40,42,45,56,59,65-66H,7-10,12-13,15-16,18-19,21-22,24-25,27-28,30,32-37,39,41,43-44,46-55,57-58,60-64H2,1-6H3,(H-,69,71,73,74)/b14-11-,20-17+,26-23+,31-29-,40-38+,45-42+,59-56-. The van der Waals surface area contributed by atoms with Gasteiger partial charge >= 0.3 is 5.97 Å². The molecule has 1 N–H and O–H groups in total. The van der Waals surface area contributed by atoms with Gasteiger partial charge in [-0.15, -0.1) is 0 Å². The fourth-order valence-corrected chi connectivity index (χ4v) is 9.98. The summed E-state index contributed by atoms with van der Waals surface area (Å²) >= 11 is 0. The molecule has 0 heterocycles. The van der Waals surface area contributed by atoms with Crippen LogP contribution in [0.5, 0.6) is 0 Å². The summed E-state index contributed by atoms with van der Waals surface area (Å²) in [4.78, 5) is 40.0. The van der Waals surface area contributed by atoms with Crippen LogP contribution >= 0.6 is 7.82 Å². The number of quaternary nitrogens is 1. The lowest BCUT2D eigenvalue weighted by Crippen LogP contribution is -2.47. The summed E-state index contributed by atoms with van der Waals surface area (Å²) in [6.45, 7) is 6.68. The van der Waals surface area contributed by atoms with E-state index in [0.29, 0.717) is 17.4 Å². The van der Waals surface area contributed by atoms with Crippen molar-refractivity contribution in [2.75, 3.05) is 40.9 Å². The van der Waals surface area contributed by atoms with E-state index in [1.165, 1.54) is 180 Å². The number of unbranched alkanes of at least 4 members (excludes halogenated alkanes) is 35. The maximum absolute atomic E-state index is 13.5. The van der Waals surface area contributed by atoms with Crippen LogP contribution in [-0.2, 0) is 27.9 Å². The number of ether oxygens (including phenoxy) is 1. The maximum atomic E-state index is 13.5. The molecule has 0 aromatic carbocycles. The first-order valence-electron chi connectivity index (χ1n) is 32.5. The van der Waals surface area contributed by atoms with Crippen LogP contribution in [0.4, 0.5) is 0 Å². The smallest absolute Gasteiger partial charge is 0.306 e. The van der Waals surface area contributed by atoms with Gasteiger partial charge in [0.1, 0.15) is 19.3 Å². The van der Waals surface area contributed by atoms with Crippen LogP contribution in [0.3, 0.4) is 0 Å². The molecule has 78 heavy (non-hydrogen) atoms. The van der Waals surface area contributed by atoms with Gasteiger partial charge in [0.2, 0.25) is 5.91 Å². The second-order valence-electron chi connectivity index (χ2n) is 23.0. The zero-order valence-corrected chi connectivity index (χ0v) is 52.5. The number of nitrogens with zero attached hydrogens (tertiary/aromatic N) is 1. The lowest BCUT2D eigenvalue weighted by Gasteiger charge is -2.30. The fraction of sp³-hybridized carbons (Fsp3) is 0.765. The number of likely N-dealkylation sites (N-methyl/N-ethyl adjacent to an activating group) is 1. The molecular weight excluding hydrogens is 988 g/mol. The maximum Gasteiger partial charge on any atom is 0.306 e. The number of esters is 1. The van der Waals surface area contributed by atoms with Gasteiger partial charge in [-0.1, -0.05) is 305 Å². The summed E-state index contributed by atoms with van der Waals surface area (Å²) in [6.07, 6.45) is 75.6. The van der Waals surface area contributed by atoms with Crippen molar-refractivity contribution in [2.24, 2.45) is 0 Å². The summed E-state index contributed by atoms with van der Waals surface area (Å²) in [6, 6.07) is -0.914. The van der Waals surface area contributed by atoms with Gasteiger partial charge < -0.3 is 28.5 Å². The highest BCUT2D eigenvalue weighted by Gasteiger charge is 2.27. The molecule has 0 aliphatic carbocycles. The van der Waals surface area contributed by atoms with Crippen molar-refractivity contribution < 1.29 is 37.3 Å². The number of hydrogen-bond acceptors (Lipinski definition) is 7. The Hall–Kier alpha value is -2.81. The molecule has 0 aromatic rings. The third kappa shape index (κ3) is 57.9. The zero-order chi connectivity index (χ0) is 57.2. The number of hydrogen-bond donors (Lipinski definition) is 1. The second-order valence-corrected chi connectivity index (χ2v) is 24.5. The summed E-state index contributed by atoms with van der Waals surface area (Å²) in [5, 5.41) is 3.01. The minimum atomic E-state index is -4.72. The molecule has 0 bridgehead atoms. The first kappa shape index (κ1) is 75.2. The number of amides is 1. The molecular formula is C68H123N2O7P. The van der Waals surface area contributed by atoms with Gasteiger partial charge in [0.15, 0.2) is 0 Å². The molecule has 0 rings (SSSR count). The number of nitrogens with one attached hydrogen (secondary N) is 1. The Kier molecular flexibility index (Phi) is 55.4. The van der Waals surface area contributed by atoms with Crippen LogP contribution in [0.25, 0.3) is 0 Å². The van der Waals surface area contributed by atoms with Crippen molar-refractivity contribution in [3.8, 4) is 0 Å². The van der Waals surface area contributed by atoms with Gasteiger partial charge in [-0.25, -0.2) is 0 Å². The molecule has 0 aliphatic heterocycles. The molecule has 0 aromatic heterocycles. The Morgan fingerprint density at radius 1 is 0.462 bits per heavy atom. The van der Waals surface area contributed by atoms with E-state index < -0.39 is 26.6 Å². The van der Waals surface area contributed by atoms with Crippen molar-refractivity contribution in [3.05, 3.63) is 85.1 Å². The first-order chi connectivity index (χ1) is 37.9. The fourth-order valence-electron chi connectivity index (χ4n) is 9.26. The van der Waals surface area contributed by atoms with E-state index in [-0.39, 0.29) is 31.3 Å². The largest absolute Gasteiger partial charge is 0.756 e. The van der Waals surface area contributed by atoms with E-state index in [9.17, 15) is 19.0 Å². The Balaban J connectivity index is 5.21. The number of carbonyl (C=O) groups is 2. The molecule has 10 heteroatoms. The average Bonchev–Trinajstić information content (AvgIpc) is 3.40. The predicted molar refractivity (Wildman–Crippen MR) is 335 cm³/mol. The van der Waals surface area contributed by atoms with E-state index in [1.807, 2.05) is 94.1 Å². The summed E-state index contributed by atoms with van der Waals surface area (Å²) in [5.41, 5.74) is 0. The van der Waals surface area contributed by atoms with Crippen molar-refractivity contribution in [1.82, 2.24) is 5.32 Å². The predicted octanol–water partition coefficient (Wildman–Crippen LogP) is 19.5. The van der Waals surface area contributed by atoms with Crippen LogP contribution in [0.2, 0.25) is 0 Å². The molecule has 0 saturated heterocycles. The Morgan fingerprint density at radius 3 is 1.24 bits per heavy atom. The first-order valence-corrected chi connectivity index (χ1v) is 33.9. The van der Waals surface area contributed by atoms with E-state index in [2.05, 4.69) is 38.2 Å². The van der Waals surface area contributed by atoms with Gasteiger partial charge in [0.25, 0.3) is 7.82 Å². The normalized spacial score (nSPS) is 14.2. The van der Waals surface area contributed by atoms with Crippen molar-refractivity contribution in [1.29, 1.82) is 0 Å². The van der Waals surface area contributed by atoms with E-state index in [1.54, 1.807) is 0 Å². The number of rotatable bonds is 58. The van der Waals surface area contributed by atoms with E-state index >= 15 is 0 Å². The molecule has 3 atom stereocenters. The molecule has 0 spiro atoms. The van der Waals surface area contributed by atoms with Gasteiger partial charge in [-0.05, 0) is 51.0 Å². The van der Waals surface area contributed by atoms with Crippen molar-refractivity contribution in [3.63, 3.8) is 0 Å². The van der Waals surface area contributed by atoms with Gasteiger partial charge in [0.05, 0.1) is 33.8 Å². The zero-order valence-electron chi connectivity index (χ0n) is 51.6. The van der Waals surface area contributed by atoms with Crippen molar-refractivity contribution >= 4 is 19.7 Å². The van der Waals surface area contributed by atoms with E-state index in [0.717, 1.165) is 64.2 Å². The molecule has 0 radical (unpaired) electrons. The monoisotopic (exact) mass is 1110 g/mol. The summed E-state index contributed by atoms with van der Waals surface area (Å²) < 4.78 is 30.3. The van der Waals surface area contributed by atoms with Gasteiger partial charge in [0, 0.05) is 12.8 Å². The lowest BCUT2D eigenvalue weighted by atomic mass is 10.0. The minimum Gasteiger partial charge on any atom is -0.756 e. The quantitative estimate of drug-likeness (QED) is 0.0161. The SMILES string of the molecule is CC\C=C/C=C/C=C/C=C\C=C\C=C\CCCCCC(=O)NC(COP(=O)([O-])OCC[N+](C)(C)C)C(/C=C\CCCCCCCCCCCC)OC(=O)CCCCCCCCCCCCCCCCCCCCCCCCC. The molecule has 1 amide bonds. The highest BCUT2D eigenvalue weighted by molar-refractivity contribution is 7.45. The second kappa shape index (κ2) is 57.4. The molecule has 0 fully saturated rings. The van der Waals surface area contributed by atoms with Gasteiger partial charge in [-0.3, -0.25) is 14.2 Å². The topological polar surface area (TPSA) is 114 Å². The summed E-state index contributed by atoms with van der Waals surface area (Å²) in [5.74, 6) is -0.587.